The lowest BCUT2D eigenvalue weighted by Gasteiger charge is -2.50. The van der Waals surface area contributed by atoms with Gasteiger partial charge in [0.2, 0.25) is 12.3 Å². The predicted molar refractivity (Wildman–Crippen MR) is 77.6 cm³/mol. The molecule has 0 aromatic heterocycles. The molecular formula is C16H20N2O2. The van der Waals surface area contributed by atoms with E-state index in [0.29, 0.717) is 18.9 Å². The van der Waals surface area contributed by atoms with Crippen LogP contribution in [0.4, 0.5) is 5.69 Å². The fourth-order valence-corrected chi connectivity index (χ4v) is 3.94. The minimum absolute atomic E-state index is 0.0377. The van der Waals surface area contributed by atoms with Gasteiger partial charge in [-0.2, -0.15) is 0 Å². The van der Waals surface area contributed by atoms with Crippen molar-refractivity contribution in [2.75, 3.05) is 12.4 Å². The Labute approximate surface area is 119 Å². The molecule has 1 N–H and O–H groups in total. The molecule has 1 aliphatic heterocycles. The highest BCUT2D eigenvalue weighted by Crippen LogP contribution is 2.46. The van der Waals surface area contributed by atoms with E-state index < -0.39 is 0 Å². The zero-order valence-corrected chi connectivity index (χ0v) is 12.0. The fourth-order valence-electron chi connectivity index (χ4n) is 3.94. The summed E-state index contributed by atoms with van der Waals surface area (Å²) in [6.45, 7) is 2.27. The highest BCUT2D eigenvalue weighted by Gasteiger charge is 2.46. The van der Waals surface area contributed by atoms with Crippen LogP contribution in [0.1, 0.15) is 37.3 Å². The largest absolute Gasteiger partial charge is 0.342 e. The predicted octanol–water partition coefficient (Wildman–Crippen LogP) is 2.08. The van der Waals surface area contributed by atoms with Crippen molar-refractivity contribution >= 4 is 18.0 Å². The maximum atomic E-state index is 11.9. The summed E-state index contributed by atoms with van der Waals surface area (Å²) in [5.74, 6) is 0.259. The van der Waals surface area contributed by atoms with Crippen LogP contribution in [0.3, 0.4) is 0 Å². The minimum Gasteiger partial charge on any atom is -0.342 e. The van der Waals surface area contributed by atoms with Crippen LogP contribution in [0, 0.1) is 0 Å². The third-order valence-corrected chi connectivity index (χ3v) is 5.09. The number of fused-ring (bicyclic) bond motifs is 3. The molecule has 4 heteroatoms. The third kappa shape index (κ3) is 1.82. The summed E-state index contributed by atoms with van der Waals surface area (Å²) in [4.78, 5) is 24.4. The van der Waals surface area contributed by atoms with E-state index in [-0.39, 0.29) is 11.3 Å². The van der Waals surface area contributed by atoms with Gasteiger partial charge in [0.25, 0.3) is 0 Å². The lowest BCUT2D eigenvalue weighted by molar-refractivity contribution is -0.138. The van der Waals surface area contributed by atoms with Gasteiger partial charge in [-0.25, -0.2) is 0 Å². The lowest BCUT2D eigenvalue weighted by Crippen LogP contribution is -2.56. The first-order valence-electron chi connectivity index (χ1n) is 7.15. The van der Waals surface area contributed by atoms with Crippen LogP contribution in [-0.2, 0) is 21.4 Å². The molecule has 0 bridgehead atoms. The molecular weight excluding hydrogens is 252 g/mol. The van der Waals surface area contributed by atoms with E-state index in [4.69, 9.17) is 0 Å². The summed E-state index contributed by atoms with van der Waals surface area (Å²) in [5, 5.41) is 2.71. The number of anilines is 1. The van der Waals surface area contributed by atoms with Crippen molar-refractivity contribution in [1.82, 2.24) is 4.90 Å². The number of likely N-dealkylation sites (tertiary alicyclic amines) is 1. The van der Waals surface area contributed by atoms with E-state index in [1.807, 2.05) is 18.0 Å². The number of rotatable bonds is 2. The molecule has 1 saturated heterocycles. The quantitative estimate of drug-likeness (QED) is 0.838. The van der Waals surface area contributed by atoms with Crippen LogP contribution in [0.25, 0.3) is 0 Å². The summed E-state index contributed by atoms with van der Waals surface area (Å²) in [6.07, 6.45) is 4.20. The third-order valence-electron chi connectivity index (χ3n) is 5.09. The summed E-state index contributed by atoms with van der Waals surface area (Å²) in [7, 11) is 1.93. The number of hydrogen-bond donors (Lipinski definition) is 1. The van der Waals surface area contributed by atoms with Crippen molar-refractivity contribution in [3.8, 4) is 0 Å². The molecule has 20 heavy (non-hydrogen) atoms. The minimum atomic E-state index is 0.0377. The average molecular weight is 272 g/mol. The maximum Gasteiger partial charge on any atom is 0.222 e. The fraction of sp³-hybridized carbons (Fsp3) is 0.500. The molecule has 4 nitrogen and oxygen atoms in total. The number of benzene rings is 1. The van der Waals surface area contributed by atoms with E-state index in [2.05, 4.69) is 24.4 Å². The Bertz CT molecular complexity index is 570. The second-order valence-electron chi connectivity index (χ2n) is 6.11. The molecule has 106 valence electrons. The molecule has 1 aliphatic carbocycles. The van der Waals surface area contributed by atoms with Gasteiger partial charge in [0.1, 0.15) is 0 Å². The lowest BCUT2D eigenvalue weighted by atomic mass is 9.63. The van der Waals surface area contributed by atoms with Gasteiger partial charge in [-0.3, -0.25) is 9.59 Å². The second kappa shape index (κ2) is 4.62. The van der Waals surface area contributed by atoms with Crippen molar-refractivity contribution in [1.29, 1.82) is 0 Å². The molecule has 0 saturated carbocycles. The van der Waals surface area contributed by atoms with Crippen LogP contribution in [-0.4, -0.2) is 30.3 Å². The van der Waals surface area contributed by atoms with Crippen LogP contribution >= 0.6 is 0 Å². The molecule has 0 unspecified atom stereocenters. The first-order valence-corrected chi connectivity index (χ1v) is 7.15. The molecule has 1 fully saturated rings. The Hall–Kier alpha value is -1.84. The normalized spacial score (nSPS) is 28.6. The maximum absolute atomic E-state index is 11.9. The second-order valence-corrected chi connectivity index (χ2v) is 6.11. The molecule has 0 spiro atoms. The van der Waals surface area contributed by atoms with E-state index in [9.17, 15) is 9.59 Å². The standard InChI is InChI=1S/C16H20N2O2/c1-16-8-7-15(20)18(2)14(16)6-3-11-9-12(17-10-19)4-5-13(11)16/h4-5,9-10,14H,3,6-8H2,1-2H3,(H,17,19)/t14-,16-/m1/s1. The smallest absolute Gasteiger partial charge is 0.222 e. The van der Waals surface area contributed by atoms with E-state index in [1.165, 1.54) is 11.1 Å². The molecule has 2 aliphatic rings. The van der Waals surface area contributed by atoms with Crippen LogP contribution in [0.15, 0.2) is 18.2 Å². The number of nitrogens with one attached hydrogen (secondary N) is 1. The van der Waals surface area contributed by atoms with Crippen LogP contribution in [0.5, 0.6) is 0 Å². The molecule has 3 rings (SSSR count). The first-order chi connectivity index (χ1) is 9.56. The first kappa shape index (κ1) is 13.2. The number of piperidine rings is 1. The summed E-state index contributed by atoms with van der Waals surface area (Å²) >= 11 is 0. The Morgan fingerprint density at radius 3 is 2.95 bits per heavy atom. The average Bonchev–Trinajstić information content (AvgIpc) is 2.44. The zero-order valence-electron chi connectivity index (χ0n) is 12.0. The van der Waals surface area contributed by atoms with Crippen molar-refractivity contribution in [3.05, 3.63) is 29.3 Å². The SMILES string of the molecule is CN1C(=O)CC[C@]2(C)c3ccc(NC=O)cc3CC[C@@H]12. The molecule has 0 radical (unpaired) electrons. The zero-order chi connectivity index (χ0) is 14.3. The number of carbonyl (C=O) groups excluding carboxylic acids is 2. The Morgan fingerprint density at radius 1 is 1.40 bits per heavy atom. The molecule has 2 atom stereocenters. The number of hydrogen-bond acceptors (Lipinski definition) is 2. The molecule has 1 aromatic carbocycles. The highest BCUT2D eigenvalue weighted by molar-refractivity contribution is 5.78. The topological polar surface area (TPSA) is 49.4 Å². The monoisotopic (exact) mass is 272 g/mol. The number of carbonyl (C=O) groups is 2. The van der Waals surface area contributed by atoms with Crippen molar-refractivity contribution in [2.45, 2.75) is 44.1 Å². The van der Waals surface area contributed by atoms with Gasteiger partial charge < -0.3 is 10.2 Å². The number of aryl methyl sites for hydroxylation is 1. The van der Waals surface area contributed by atoms with Crippen molar-refractivity contribution in [3.63, 3.8) is 0 Å². The van der Waals surface area contributed by atoms with Crippen molar-refractivity contribution < 1.29 is 9.59 Å². The molecule has 1 heterocycles. The summed E-state index contributed by atoms with van der Waals surface area (Å²) in [5.41, 5.74) is 3.53. The Balaban J connectivity index is 2.02. The van der Waals surface area contributed by atoms with Gasteiger partial charge in [0.05, 0.1) is 0 Å². The van der Waals surface area contributed by atoms with E-state index in [0.717, 1.165) is 24.9 Å². The Morgan fingerprint density at radius 2 is 2.20 bits per heavy atom. The summed E-state index contributed by atoms with van der Waals surface area (Å²) in [6, 6.07) is 6.44. The number of likely N-dealkylation sites (N-methyl/N-ethyl adjacent to an activating group) is 1. The summed E-state index contributed by atoms with van der Waals surface area (Å²) < 4.78 is 0. The number of amides is 2. The van der Waals surface area contributed by atoms with Gasteiger partial charge in [-0.1, -0.05) is 13.0 Å². The van der Waals surface area contributed by atoms with Gasteiger partial charge in [0, 0.05) is 30.6 Å². The van der Waals surface area contributed by atoms with E-state index in [1.54, 1.807) is 0 Å². The van der Waals surface area contributed by atoms with Crippen LogP contribution in [0.2, 0.25) is 0 Å². The van der Waals surface area contributed by atoms with Crippen molar-refractivity contribution in [2.24, 2.45) is 0 Å². The van der Waals surface area contributed by atoms with Gasteiger partial charge in [-0.05, 0) is 42.5 Å². The molecule has 2 amide bonds. The van der Waals surface area contributed by atoms with Gasteiger partial charge in [0.15, 0.2) is 0 Å². The Kier molecular flexibility index (Phi) is 3.04. The van der Waals surface area contributed by atoms with Crippen LogP contribution < -0.4 is 5.32 Å². The van der Waals surface area contributed by atoms with E-state index >= 15 is 0 Å². The van der Waals surface area contributed by atoms with Gasteiger partial charge in [-0.15, -0.1) is 0 Å². The molecule has 1 aromatic rings. The number of nitrogens with zero attached hydrogens (tertiary/aromatic N) is 1. The highest BCUT2D eigenvalue weighted by atomic mass is 16.2. The van der Waals surface area contributed by atoms with Gasteiger partial charge >= 0.3 is 0 Å².